The molecule has 1 rings (SSSR count). The third-order valence-electron chi connectivity index (χ3n) is 4.56. The molecule has 0 aromatic rings. The van der Waals surface area contributed by atoms with E-state index >= 15 is 0 Å². The third kappa shape index (κ3) is 12.8. The van der Waals surface area contributed by atoms with Gasteiger partial charge in [-0.05, 0) is 31.8 Å². The lowest BCUT2D eigenvalue weighted by molar-refractivity contribution is 0.527. The van der Waals surface area contributed by atoms with Crippen LogP contribution in [0.5, 0.6) is 0 Å². The molecule has 0 heteroatoms. The van der Waals surface area contributed by atoms with Gasteiger partial charge in [-0.25, -0.2) is 0 Å². The Morgan fingerprint density at radius 1 is 0.400 bits per heavy atom. The van der Waals surface area contributed by atoms with Crippen molar-refractivity contribution >= 4 is 0 Å². The van der Waals surface area contributed by atoms with Gasteiger partial charge in [0.05, 0.1) is 0 Å². The number of hydrogen-bond donors (Lipinski definition) is 0. The summed E-state index contributed by atoms with van der Waals surface area (Å²) in [5, 5.41) is 0. The van der Waals surface area contributed by atoms with E-state index in [0.29, 0.717) is 0 Å². The Kier molecular flexibility index (Phi) is 13.5. The van der Waals surface area contributed by atoms with Crippen LogP contribution in [0.1, 0.15) is 116 Å². The number of hydrogen-bond acceptors (Lipinski definition) is 0. The fourth-order valence-electron chi connectivity index (χ4n) is 3.15. The van der Waals surface area contributed by atoms with Gasteiger partial charge in [-0.15, -0.1) is 0 Å². The molecule has 1 aliphatic rings. The molecule has 0 amide bonds. The van der Waals surface area contributed by atoms with Crippen molar-refractivity contribution in [1.82, 2.24) is 0 Å². The molecule has 0 aromatic heterocycles. The van der Waals surface area contributed by atoms with Gasteiger partial charge in [0, 0.05) is 0 Å². The van der Waals surface area contributed by atoms with Crippen LogP contribution in [0.15, 0.2) is 6.08 Å². The van der Waals surface area contributed by atoms with Crippen LogP contribution in [-0.4, -0.2) is 0 Å². The first-order valence-electron chi connectivity index (χ1n) is 9.55. The molecule has 0 spiro atoms. The summed E-state index contributed by atoms with van der Waals surface area (Å²) in [5.74, 6) is 0. The summed E-state index contributed by atoms with van der Waals surface area (Å²) >= 11 is 0. The molecule has 0 heterocycles. The van der Waals surface area contributed by atoms with Gasteiger partial charge in [0.15, 0.2) is 0 Å². The summed E-state index contributed by atoms with van der Waals surface area (Å²) < 4.78 is 0. The maximum atomic E-state index is 3.48. The van der Waals surface area contributed by atoms with Crippen molar-refractivity contribution in [2.75, 3.05) is 0 Å². The molecule has 0 bridgehead atoms. The van der Waals surface area contributed by atoms with E-state index in [1.54, 1.807) is 0 Å². The van der Waals surface area contributed by atoms with Gasteiger partial charge in [-0.1, -0.05) is 96.0 Å². The molecule has 1 radical (unpaired) electrons. The maximum absolute atomic E-state index is 3.48. The Balaban J connectivity index is 2.06. The average Bonchev–Trinajstić information content (AvgIpc) is 2.46. The lowest BCUT2D eigenvalue weighted by Gasteiger charge is -2.04. The Morgan fingerprint density at radius 3 is 1.20 bits per heavy atom. The van der Waals surface area contributed by atoms with Crippen LogP contribution in [-0.2, 0) is 0 Å². The average molecular weight is 278 g/mol. The highest BCUT2D eigenvalue weighted by Crippen LogP contribution is 2.14. The van der Waals surface area contributed by atoms with Crippen molar-refractivity contribution in [1.29, 1.82) is 0 Å². The molecule has 0 fully saturated rings. The summed E-state index contributed by atoms with van der Waals surface area (Å²) in [6.45, 7) is 0. The molecule has 1 aliphatic carbocycles. The first kappa shape index (κ1) is 17.8. The molecule has 0 nitrogen and oxygen atoms in total. The highest BCUT2D eigenvalue weighted by atomic mass is 14.0. The minimum Gasteiger partial charge on any atom is -0.0811 e. The Bertz CT molecular complexity index is 182. The van der Waals surface area contributed by atoms with Gasteiger partial charge in [0.2, 0.25) is 0 Å². The molecule has 0 saturated heterocycles. The Labute approximate surface area is 128 Å². The van der Waals surface area contributed by atoms with Crippen molar-refractivity contribution in [3.63, 3.8) is 0 Å². The lowest BCUT2D eigenvalue weighted by Crippen LogP contribution is -1.84. The largest absolute Gasteiger partial charge is 0.0811 e. The molecule has 0 aliphatic heterocycles. The number of allylic oxidation sites excluding steroid dienone is 2. The van der Waals surface area contributed by atoms with Gasteiger partial charge in [0.1, 0.15) is 0 Å². The van der Waals surface area contributed by atoms with E-state index in [-0.39, 0.29) is 0 Å². The second kappa shape index (κ2) is 15.1. The molecule has 0 aromatic carbocycles. The smallest absolute Gasteiger partial charge is 0.0279 e. The third-order valence-corrected chi connectivity index (χ3v) is 4.56. The van der Waals surface area contributed by atoms with Crippen molar-refractivity contribution in [2.45, 2.75) is 116 Å². The summed E-state index contributed by atoms with van der Waals surface area (Å²) in [6, 6.07) is 0. The van der Waals surface area contributed by atoms with Crippen molar-refractivity contribution in [3.05, 3.63) is 12.2 Å². The van der Waals surface area contributed by atoms with Gasteiger partial charge in [0.25, 0.3) is 0 Å². The van der Waals surface area contributed by atoms with E-state index in [4.69, 9.17) is 0 Å². The molecule has 0 N–H and O–H groups in total. The Morgan fingerprint density at radius 2 is 0.750 bits per heavy atom. The van der Waals surface area contributed by atoms with Gasteiger partial charge < -0.3 is 0 Å². The molecule has 0 unspecified atom stereocenters. The first-order chi connectivity index (χ1) is 10.0. The summed E-state index contributed by atoms with van der Waals surface area (Å²) in [6.07, 6.45) is 31.5. The summed E-state index contributed by atoms with van der Waals surface area (Å²) in [7, 11) is 0. The van der Waals surface area contributed by atoms with Crippen molar-refractivity contribution in [2.24, 2.45) is 0 Å². The van der Waals surface area contributed by atoms with Gasteiger partial charge >= 0.3 is 0 Å². The highest BCUT2D eigenvalue weighted by Gasteiger charge is 1.95. The van der Waals surface area contributed by atoms with Crippen LogP contribution < -0.4 is 0 Å². The predicted molar refractivity (Wildman–Crippen MR) is 90.9 cm³/mol. The van der Waals surface area contributed by atoms with Crippen LogP contribution in [0.25, 0.3) is 0 Å². The van der Waals surface area contributed by atoms with E-state index in [1.165, 1.54) is 116 Å². The lowest BCUT2D eigenvalue weighted by atomic mass is 10.0. The molecular weight excluding hydrogens is 240 g/mol. The number of rotatable bonds is 0. The normalized spacial score (nSPS) is 24.8. The van der Waals surface area contributed by atoms with E-state index in [2.05, 4.69) is 12.2 Å². The summed E-state index contributed by atoms with van der Waals surface area (Å²) in [5.41, 5.74) is 0. The highest BCUT2D eigenvalue weighted by molar-refractivity contribution is 4.73. The van der Waals surface area contributed by atoms with Gasteiger partial charge in [-0.2, -0.15) is 0 Å². The molecular formula is C20H37. The van der Waals surface area contributed by atoms with Crippen LogP contribution in [0.3, 0.4) is 0 Å². The van der Waals surface area contributed by atoms with Crippen molar-refractivity contribution < 1.29 is 0 Å². The monoisotopic (exact) mass is 277 g/mol. The molecule has 20 heavy (non-hydrogen) atoms. The zero-order valence-corrected chi connectivity index (χ0v) is 13.8. The zero-order chi connectivity index (χ0) is 14.1. The fraction of sp³-hybridized carbons (Fsp3) is 0.900. The van der Waals surface area contributed by atoms with E-state index < -0.39 is 0 Å². The zero-order valence-electron chi connectivity index (χ0n) is 13.8. The van der Waals surface area contributed by atoms with E-state index in [1.807, 2.05) is 0 Å². The SMILES string of the molecule is [C]1=C/CCCCCCCCCCCCCCCCCC/1. The standard InChI is InChI=1S/C20H37/c1-2-4-6-8-10-12-14-16-18-20-19-17-15-13-11-9-7-5-3-1/h1H,2,4-20H2. The minimum absolute atomic E-state index is 1.19. The second-order valence-electron chi connectivity index (χ2n) is 6.60. The second-order valence-corrected chi connectivity index (χ2v) is 6.60. The molecule has 0 atom stereocenters. The van der Waals surface area contributed by atoms with Crippen molar-refractivity contribution in [3.8, 4) is 0 Å². The van der Waals surface area contributed by atoms with E-state index in [9.17, 15) is 0 Å². The topological polar surface area (TPSA) is 0 Å². The van der Waals surface area contributed by atoms with Crippen LogP contribution in [0, 0.1) is 6.08 Å². The van der Waals surface area contributed by atoms with Crippen LogP contribution in [0.4, 0.5) is 0 Å². The first-order valence-corrected chi connectivity index (χ1v) is 9.55. The summed E-state index contributed by atoms with van der Waals surface area (Å²) in [4.78, 5) is 0. The molecule has 117 valence electrons. The van der Waals surface area contributed by atoms with Crippen LogP contribution in [0.2, 0.25) is 0 Å². The minimum atomic E-state index is 1.19. The predicted octanol–water partition coefficient (Wildman–Crippen LogP) is 7.38. The van der Waals surface area contributed by atoms with E-state index in [0.717, 1.165) is 0 Å². The Hall–Kier alpha value is -0.260. The van der Waals surface area contributed by atoms with Gasteiger partial charge in [-0.3, -0.25) is 0 Å². The molecule has 0 saturated carbocycles. The van der Waals surface area contributed by atoms with Crippen LogP contribution >= 0.6 is 0 Å². The maximum Gasteiger partial charge on any atom is -0.0279 e. The fourth-order valence-corrected chi connectivity index (χ4v) is 3.15. The quantitative estimate of drug-likeness (QED) is 0.433.